The lowest BCUT2D eigenvalue weighted by molar-refractivity contribution is 0.434. The summed E-state index contributed by atoms with van der Waals surface area (Å²) in [6.45, 7) is 2.15. The van der Waals surface area contributed by atoms with Crippen LogP contribution in [0.4, 0.5) is 0 Å². The summed E-state index contributed by atoms with van der Waals surface area (Å²) in [7, 11) is 0. The van der Waals surface area contributed by atoms with Crippen molar-refractivity contribution >= 4 is 0 Å². The van der Waals surface area contributed by atoms with Gasteiger partial charge < -0.3 is 0 Å². The average Bonchev–Trinajstić information content (AvgIpc) is 2.57. The number of rotatable bonds is 3. The van der Waals surface area contributed by atoms with Crippen LogP contribution in [-0.4, -0.2) is 0 Å². The van der Waals surface area contributed by atoms with Crippen molar-refractivity contribution in [2.45, 2.75) is 45.4 Å². The molecule has 0 N–H and O–H groups in total. The highest BCUT2D eigenvalue weighted by atomic mass is 14.1. The Morgan fingerprint density at radius 1 is 1.00 bits per heavy atom. The zero-order valence-electron chi connectivity index (χ0n) is 10.3. The van der Waals surface area contributed by atoms with Gasteiger partial charge in [0, 0.05) is 0 Å². The van der Waals surface area contributed by atoms with Gasteiger partial charge in [0.25, 0.3) is 0 Å². The second kappa shape index (κ2) is 5.89. The van der Waals surface area contributed by atoms with Crippen molar-refractivity contribution in [3.8, 4) is 0 Å². The van der Waals surface area contributed by atoms with Gasteiger partial charge in [-0.05, 0) is 56.9 Å². The van der Waals surface area contributed by atoms with Crippen molar-refractivity contribution in [1.82, 2.24) is 0 Å². The number of hydrogen-bond donors (Lipinski definition) is 0. The highest BCUT2D eigenvalue weighted by molar-refractivity contribution is 5.21. The van der Waals surface area contributed by atoms with E-state index < -0.39 is 0 Å². The quantitative estimate of drug-likeness (QED) is 0.641. The molecular weight excluding hydrogens is 192 g/mol. The van der Waals surface area contributed by atoms with Gasteiger partial charge in [-0.25, -0.2) is 0 Å². The predicted molar refractivity (Wildman–Crippen MR) is 70.6 cm³/mol. The minimum atomic E-state index is 0.941. The van der Waals surface area contributed by atoms with Crippen molar-refractivity contribution < 1.29 is 0 Å². The standard InChI is InChI=1S/C16H22/c1-14-8-10-16(11-9-14)13-12-15-6-4-2-3-5-7-15/h2-3,8-11,15H,4-7,12-13H2,1H3. The summed E-state index contributed by atoms with van der Waals surface area (Å²) in [5.74, 6) is 0.941. The molecule has 0 heteroatoms. The third-order valence-electron chi connectivity index (χ3n) is 3.61. The summed E-state index contributed by atoms with van der Waals surface area (Å²) >= 11 is 0. The first-order valence-electron chi connectivity index (χ1n) is 6.55. The first-order chi connectivity index (χ1) is 7.84. The van der Waals surface area contributed by atoms with Crippen LogP contribution in [0.15, 0.2) is 36.4 Å². The molecule has 0 saturated carbocycles. The number of aryl methyl sites for hydroxylation is 2. The van der Waals surface area contributed by atoms with Gasteiger partial charge in [0.15, 0.2) is 0 Å². The Morgan fingerprint density at radius 2 is 1.62 bits per heavy atom. The van der Waals surface area contributed by atoms with Crippen molar-refractivity contribution in [3.63, 3.8) is 0 Å². The Morgan fingerprint density at radius 3 is 2.25 bits per heavy atom. The lowest BCUT2D eigenvalue weighted by Crippen LogP contribution is -2.01. The first-order valence-corrected chi connectivity index (χ1v) is 6.55. The molecule has 0 aliphatic heterocycles. The molecule has 1 aliphatic carbocycles. The van der Waals surface area contributed by atoms with E-state index in [2.05, 4.69) is 43.3 Å². The van der Waals surface area contributed by atoms with Crippen LogP contribution in [0.5, 0.6) is 0 Å². The van der Waals surface area contributed by atoms with E-state index >= 15 is 0 Å². The van der Waals surface area contributed by atoms with Crippen LogP contribution in [0.3, 0.4) is 0 Å². The molecule has 0 fully saturated rings. The highest BCUT2D eigenvalue weighted by Gasteiger charge is 2.09. The van der Waals surface area contributed by atoms with Crippen molar-refractivity contribution in [1.29, 1.82) is 0 Å². The molecule has 0 heterocycles. The maximum absolute atomic E-state index is 2.35. The summed E-state index contributed by atoms with van der Waals surface area (Å²) in [5, 5.41) is 0. The number of benzene rings is 1. The van der Waals surface area contributed by atoms with Gasteiger partial charge in [-0.15, -0.1) is 0 Å². The minimum absolute atomic E-state index is 0.941. The smallest absolute Gasteiger partial charge is 0.0276 e. The third kappa shape index (κ3) is 3.52. The molecule has 0 atom stereocenters. The molecule has 2 rings (SSSR count). The van der Waals surface area contributed by atoms with E-state index in [4.69, 9.17) is 0 Å². The molecule has 0 amide bonds. The fraction of sp³-hybridized carbons (Fsp3) is 0.500. The number of hydrogen-bond acceptors (Lipinski definition) is 0. The summed E-state index contributed by atoms with van der Waals surface area (Å²) in [5.41, 5.74) is 2.87. The molecule has 0 unspecified atom stereocenters. The molecular formula is C16H22. The zero-order chi connectivity index (χ0) is 11.2. The Labute approximate surface area is 99.4 Å². The molecule has 0 radical (unpaired) electrons. The fourth-order valence-corrected chi connectivity index (χ4v) is 2.46. The van der Waals surface area contributed by atoms with Gasteiger partial charge in [-0.1, -0.05) is 42.0 Å². The Kier molecular flexibility index (Phi) is 4.21. The molecule has 0 aromatic heterocycles. The molecule has 1 aliphatic rings. The van der Waals surface area contributed by atoms with E-state index in [0.717, 1.165) is 5.92 Å². The molecule has 0 nitrogen and oxygen atoms in total. The van der Waals surface area contributed by atoms with Crippen molar-refractivity contribution in [2.24, 2.45) is 5.92 Å². The van der Waals surface area contributed by atoms with E-state index in [0.29, 0.717) is 0 Å². The Balaban J connectivity index is 1.80. The van der Waals surface area contributed by atoms with Crippen molar-refractivity contribution in [3.05, 3.63) is 47.5 Å². The average molecular weight is 214 g/mol. The van der Waals surface area contributed by atoms with Crippen LogP contribution in [0.25, 0.3) is 0 Å². The SMILES string of the molecule is Cc1ccc(CCC2CCC=CCC2)cc1. The molecule has 16 heavy (non-hydrogen) atoms. The van der Waals surface area contributed by atoms with Gasteiger partial charge >= 0.3 is 0 Å². The molecule has 86 valence electrons. The highest BCUT2D eigenvalue weighted by Crippen LogP contribution is 2.23. The third-order valence-corrected chi connectivity index (χ3v) is 3.61. The maximum atomic E-state index is 2.35. The number of allylic oxidation sites excluding steroid dienone is 2. The summed E-state index contributed by atoms with van der Waals surface area (Å²) in [4.78, 5) is 0. The normalized spacial score (nSPS) is 17.3. The monoisotopic (exact) mass is 214 g/mol. The fourth-order valence-electron chi connectivity index (χ4n) is 2.46. The van der Waals surface area contributed by atoms with Crippen LogP contribution in [-0.2, 0) is 6.42 Å². The van der Waals surface area contributed by atoms with E-state index in [1.807, 2.05) is 0 Å². The molecule has 0 bridgehead atoms. The zero-order valence-corrected chi connectivity index (χ0v) is 10.3. The van der Waals surface area contributed by atoms with Crippen LogP contribution in [0.1, 0.15) is 43.2 Å². The van der Waals surface area contributed by atoms with E-state index in [9.17, 15) is 0 Å². The van der Waals surface area contributed by atoms with E-state index in [1.54, 1.807) is 0 Å². The largest absolute Gasteiger partial charge is 0.0885 e. The maximum Gasteiger partial charge on any atom is -0.0276 e. The topological polar surface area (TPSA) is 0 Å². The molecule has 0 spiro atoms. The van der Waals surface area contributed by atoms with Crippen LogP contribution in [0.2, 0.25) is 0 Å². The van der Waals surface area contributed by atoms with Gasteiger partial charge in [0.2, 0.25) is 0 Å². The lowest BCUT2D eigenvalue weighted by atomic mass is 9.92. The predicted octanol–water partition coefficient (Wildman–Crippen LogP) is 4.67. The Bertz CT molecular complexity index is 322. The second-order valence-electron chi connectivity index (χ2n) is 5.02. The van der Waals surface area contributed by atoms with Gasteiger partial charge in [0.05, 0.1) is 0 Å². The lowest BCUT2D eigenvalue weighted by Gasteiger charge is -2.13. The van der Waals surface area contributed by atoms with Crippen LogP contribution >= 0.6 is 0 Å². The van der Waals surface area contributed by atoms with E-state index in [1.165, 1.54) is 49.7 Å². The summed E-state index contributed by atoms with van der Waals surface area (Å²) in [6.07, 6.45) is 12.7. The summed E-state index contributed by atoms with van der Waals surface area (Å²) < 4.78 is 0. The van der Waals surface area contributed by atoms with E-state index in [-0.39, 0.29) is 0 Å². The first kappa shape index (κ1) is 11.4. The Hall–Kier alpha value is -1.04. The van der Waals surface area contributed by atoms with Gasteiger partial charge in [-0.2, -0.15) is 0 Å². The minimum Gasteiger partial charge on any atom is -0.0885 e. The van der Waals surface area contributed by atoms with Crippen LogP contribution < -0.4 is 0 Å². The molecule has 1 aromatic carbocycles. The molecule has 0 saturated heterocycles. The second-order valence-corrected chi connectivity index (χ2v) is 5.02. The van der Waals surface area contributed by atoms with Gasteiger partial charge in [0.1, 0.15) is 0 Å². The van der Waals surface area contributed by atoms with Crippen LogP contribution in [0, 0.1) is 12.8 Å². The molecule has 1 aromatic rings. The van der Waals surface area contributed by atoms with Gasteiger partial charge in [-0.3, -0.25) is 0 Å². The van der Waals surface area contributed by atoms with Crippen molar-refractivity contribution in [2.75, 3.05) is 0 Å². The summed E-state index contributed by atoms with van der Waals surface area (Å²) in [6, 6.07) is 9.02.